The molecule has 15 heavy (non-hydrogen) atoms. The van der Waals surface area contributed by atoms with Crippen LogP contribution < -0.4 is 0 Å². The van der Waals surface area contributed by atoms with Gasteiger partial charge in [-0.25, -0.2) is 0 Å². The fraction of sp³-hybridized carbons (Fsp3) is 0.583. The van der Waals surface area contributed by atoms with E-state index in [0.717, 1.165) is 17.5 Å². The van der Waals surface area contributed by atoms with E-state index >= 15 is 0 Å². The van der Waals surface area contributed by atoms with Crippen LogP contribution in [0, 0.1) is 11.3 Å². The first-order chi connectivity index (χ1) is 7.15. The summed E-state index contributed by atoms with van der Waals surface area (Å²) in [6.07, 6.45) is 2.75. The zero-order valence-corrected chi connectivity index (χ0v) is 9.62. The first kappa shape index (κ1) is 11.8. The predicted molar refractivity (Wildman–Crippen MR) is 59.7 cm³/mol. The van der Waals surface area contributed by atoms with E-state index < -0.39 is 0 Å². The molecule has 0 atom stereocenters. The van der Waals surface area contributed by atoms with Gasteiger partial charge in [-0.05, 0) is 17.9 Å². The lowest BCUT2D eigenvalue weighted by Gasteiger charge is -2.10. The first-order valence-corrected chi connectivity index (χ1v) is 5.38. The van der Waals surface area contributed by atoms with Crippen molar-refractivity contribution in [1.29, 1.82) is 5.26 Å². The predicted octanol–water partition coefficient (Wildman–Crippen LogP) is 2.04. The summed E-state index contributed by atoms with van der Waals surface area (Å²) in [5.74, 6) is 0.356. The van der Waals surface area contributed by atoms with Crippen LogP contribution in [0.2, 0.25) is 0 Å². The summed E-state index contributed by atoms with van der Waals surface area (Å²) in [6, 6.07) is 2.23. The van der Waals surface area contributed by atoms with Crippen molar-refractivity contribution >= 4 is 0 Å². The van der Waals surface area contributed by atoms with Gasteiger partial charge in [0.05, 0.1) is 12.2 Å². The Kier molecular flexibility index (Phi) is 3.93. The number of aliphatic hydroxyl groups is 1. The van der Waals surface area contributed by atoms with Gasteiger partial charge in [0.15, 0.2) is 0 Å². The Hall–Kier alpha value is -1.27. The molecule has 0 unspecified atom stereocenters. The van der Waals surface area contributed by atoms with E-state index in [2.05, 4.69) is 26.8 Å². The molecule has 0 saturated carbocycles. The lowest BCUT2D eigenvalue weighted by Crippen LogP contribution is -2.06. The molecule has 0 fully saturated rings. The molecule has 1 aromatic heterocycles. The number of hydrogen-bond donors (Lipinski definition) is 1. The third-order valence-electron chi connectivity index (χ3n) is 2.61. The summed E-state index contributed by atoms with van der Waals surface area (Å²) >= 11 is 0. The second-order valence-electron chi connectivity index (χ2n) is 3.94. The van der Waals surface area contributed by atoms with E-state index in [1.54, 1.807) is 0 Å². The molecule has 82 valence electrons. The molecule has 0 aliphatic carbocycles. The maximum atomic E-state index is 9.04. The molecule has 1 heterocycles. The average Bonchev–Trinajstić information content (AvgIpc) is 2.56. The summed E-state index contributed by atoms with van der Waals surface area (Å²) in [5, 5.41) is 18.0. The molecule has 3 heteroatoms. The quantitative estimate of drug-likeness (QED) is 0.819. The summed E-state index contributed by atoms with van der Waals surface area (Å²) in [7, 11) is 0. The molecular weight excluding hydrogens is 188 g/mol. The maximum absolute atomic E-state index is 9.04. The van der Waals surface area contributed by atoms with Crippen LogP contribution in [-0.4, -0.2) is 16.3 Å². The molecule has 0 radical (unpaired) electrons. The Morgan fingerprint density at radius 1 is 1.53 bits per heavy atom. The molecule has 0 bridgehead atoms. The van der Waals surface area contributed by atoms with Crippen molar-refractivity contribution in [2.24, 2.45) is 0 Å². The minimum atomic E-state index is 0.115. The van der Waals surface area contributed by atoms with Crippen molar-refractivity contribution in [3.63, 3.8) is 0 Å². The van der Waals surface area contributed by atoms with Gasteiger partial charge < -0.3 is 9.67 Å². The van der Waals surface area contributed by atoms with Crippen molar-refractivity contribution in [2.75, 3.05) is 6.61 Å². The molecule has 0 aliphatic heterocycles. The van der Waals surface area contributed by atoms with Crippen molar-refractivity contribution in [3.05, 3.63) is 23.0 Å². The molecule has 1 aromatic rings. The van der Waals surface area contributed by atoms with Gasteiger partial charge in [-0.1, -0.05) is 20.8 Å². The Morgan fingerprint density at radius 2 is 2.20 bits per heavy atom. The second kappa shape index (κ2) is 4.99. The topological polar surface area (TPSA) is 49.0 Å². The smallest absolute Gasteiger partial charge is 0.101 e. The summed E-state index contributed by atoms with van der Waals surface area (Å²) in [5.41, 5.74) is 3.05. The summed E-state index contributed by atoms with van der Waals surface area (Å²) in [4.78, 5) is 0. The largest absolute Gasteiger partial charge is 0.395 e. The number of nitrogens with zero attached hydrogens (tertiary/aromatic N) is 2. The Labute approximate surface area is 91.0 Å². The van der Waals surface area contributed by atoms with E-state index in [4.69, 9.17) is 10.4 Å². The Balaban J connectivity index is 3.27. The van der Waals surface area contributed by atoms with Crippen molar-refractivity contribution in [3.8, 4) is 6.07 Å². The minimum absolute atomic E-state index is 0.115. The van der Waals surface area contributed by atoms with E-state index in [1.807, 2.05) is 10.8 Å². The van der Waals surface area contributed by atoms with Crippen molar-refractivity contribution < 1.29 is 5.11 Å². The Morgan fingerprint density at radius 3 is 2.60 bits per heavy atom. The molecule has 0 spiro atoms. The lowest BCUT2D eigenvalue weighted by molar-refractivity contribution is 0.274. The van der Waals surface area contributed by atoms with Gasteiger partial charge in [0.25, 0.3) is 0 Å². The van der Waals surface area contributed by atoms with Gasteiger partial charge in [-0.3, -0.25) is 0 Å². The van der Waals surface area contributed by atoms with Crippen LogP contribution in [0.4, 0.5) is 0 Å². The van der Waals surface area contributed by atoms with Crippen LogP contribution in [0.5, 0.6) is 0 Å². The number of aliphatic hydroxyl groups excluding tert-OH is 1. The van der Waals surface area contributed by atoms with E-state index in [1.165, 1.54) is 5.69 Å². The molecule has 0 amide bonds. The van der Waals surface area contributed by atoms with E-state index in [0.29, 0.717) is 12.5 Å². The van der Waals surface area contributed by atoms with Crippen LogP contribution >= 0.6 is 0 Å². The molecule has 0 aliphatic rings. The third kappa shape index (κ3) is 2.21. The van der Waals surface area contributed by atoms with Crippen LogP contribution in [0.15, 0.2) is 6.20 Å². The number of rotatable bonds is 4. The van der Waals surface area contributed by atoms with Gasteiger partial charge in [0.2, 0.25) is 0 Å². The van der Waals surface area contributed by atoms with Gasteiger partial charge in [0, 0.05) is 18.4 Å². The molecule has 1 N–H and O–H groups in total. The van der Waals surface area contributed by atoms with E-state index in [-0.39, 0.29) is 6.61 Å². The van der Waals surface area contributed by atoms with Crippen molar-refractivity contribution in [2.45, 2.75) is 39.7 Å². The molecular formula is C12H18N2O. The molecule has 0 aromatic carbocycles. The van der Waals surface area contributed by atoms with Crippen LogP contribution in [0.25, 0.3) is 0 Å². The maximum Gasteiger partial charge on any atom is 0.101 e. The second-order valence-corrected chi connectivity index (χ2v) is 3.94. The standard InChI is InChI=1S/C12H18N2O/c1-4-11-12(9(2)3)10(7-13)8-14(11)5-6-15/h8-9,15H,4-6H2,1-3H3. The number of aromatic nitrogens is 1. The van der Waals surface area contributed by atoms with Gasteiger partial charge in [0.1, 0.15) is 6.07 Å². The lowest BCUT2D eigenvalue weighted by atomic mass is 9.98. The van der Waals surface area contributed by atoms with E-state index in [9.17, 15) is 0 Å². The highest BCUT2D eigenvalue weighted by atomic mass is 16.3. The van der Waals surface area contributed by atoms with Gasteiger partial charge >= 0.3 is 0 Å². The first-order valence-electron chi connectivity index (χ1n) is 5.38. The van der Waals surface area contributed by atoms with Crippen LogP contribution in [0.1, 0.15) is 43.5 Å². The van der Waals surface area contributed by atoms with Gasteiger partial charge in [-0.2, -0.15) is 5.26 Å². The van der Waals surface area contributed by atoms with Crippen LogP contribution in [-0.2, 0) is 13.0 Å². The highest BCUT2D eigenvalue weighted by molar-refractivity contribution is 5.43. The highest BCUT2D eigenvalue weighted by Gasteiger charge is 2.16. The zero-order valence-electron chi connectivity index (χ0n) is 9.62. The number of hydrogen-bond acceptors (Lipinski definition) is 2. The normalized spacial score (nSPS) is 10.7. The Bertz CT molecular complexity index is 372. The third-order valence-corrected chi connectivity index (χ3v) is 2.61. The number of nitriles is 1. The molecule has 0 saturated heterocycles. The SMILES string of the molecule is CCc1c(C(C)C)c(C#N)cn1CCO. The average molecular weight is 206 g/mol. The summed E-state index contributed by atoms with van der Waals surface area (Å²) < 4.78 is 1.99. The minimum Gasteiger partial charge on any atom is -0.395 e. The van der Waals surface area contributed by atoms with Crippen LogP contribution in [0.3, 0.4) is 0 Å². The highest BCUT2D eigenvalue weighted by Crippen LogP contribution is 2.25. The fourth-order valence-electron chi connectivity index (χ4n) is 2.05. The fourth-order valence-corrected chi connectivity index (χ4v) is 2.05. The monoisotopic (exact) mass is 206 g/mol. The van der Waals surface area contributed by atoms with Crippen molar-refractivity contribution in [1.82, 2.24) is 4.57 Å². The zero-order chi connectivity index (χ0) is 11.4. The summed E-state index contributed by atoms with van der Waals surface area (Å²) in [6.45, 7) is 6.96. The molecule has 1 rings (SSSR count). The molecule has 3 nitrogen and oxygen atoms in total. The van der Waals surface area contributed by atoms with Gasteiger partial charge in [-0.15, -0.1) is 0 Å².